The van der Waals surface area contributed by atoms with Crippen molar-refractivity contribution in [2.24, 2.45) is 5.73 Å². The van der Waals surface area contributed by atoms with Crippen LogP contribution in [0.5, 0.6) is 5.75 Å². The molecule has 21 heavy (non-hydrogen) atoms. The molecule has 0 spiro atoms. The molecule has 1 aromatic carbocycles. The Morgan fingerprint density at radius 3 is 2.71 bits per heavy atom. The topological polar surface area (TPSA) is 74.2 Å². The highest BCUT2D eigenvalue weighted by Gasteiger charge is 2.21. The standard InChI is InChI=1S/C16H21N3O2/c1-16(2,17)15-18-14(21-19-15)10-20-13-8-7-11-5-3-4-6-12(11)9-13/h7-9H,3-6,10,17H2,1-2H3. The van der Waals surface area contributed by atoms with Gasteiger partial charge in [-0.25, -0.2) is 0 Å². The molecule has 0 fully saturated rings. The summed E-state index contributed by atoms with van der Waals surface area (Å²) in [6.45, 7) is 3.94. The maximum absolute atomic E-state index is 5.93. The number of hydrogen-bond donors (Lipinski definition) is 1. The molecule has 0 radical (unpaired) electrons. The molecule has 0 saturated heterocycles. The van der Waals surface area contributed by atoms with Gasteiger partial charge in [0.25, 0.3) is 5.89 Å². The van der Waals surface area contributed by atoms with Crippen molar-refractivity contribution in [3.05, 3.63) is 41.0 Å². The van der Waals surface area contributed by atoms with Crippen molar-refractivity contribution in [3.8, 4) is 5.75 Å². The highest BCUT2D eigenvalue weighted by atomic mass is 16.5. The van der Waals surface area contributed by atoms with E-state index in [0.717, 1.165) is 12.2 Å². The van der Waals surface area contributed by atoms with Crippen molar-refractivity contribution in [1.82, 2.24) is 10.1 Å². The number of rotatable bonds is 4. The minimum absolute atomic E-state index is 0.266. The van der Waals surface area contributed by atoms with Crippen LogP contribution in [-0.2, 0) is 25.0 Å². The Kier molecular flexibility index (Phi) is 3.68. The lowest BCUT2D eigenvalue weighted by molar-refractivity contribution is 0.241. The summed E-state index contributed by atoms with van der Waals surface area (Å²) in [6, 6.07) is 6.29. The van der Waals surface area contributed by atoms with Crippen LogP contribution in [0, 0.1) is 0 Å². The molecule has 5 heteroatoms. The fourth-order valence-corrected chi connectivity index (χ4v) is 2.52. The monoisotopic (exact) mass is 287 g/mol. The van der Waals surface area contributed by atoms with Crippen LogP contribution < -0.4 is 10.5 Å². The Balaban J connectivity index is 1.66. The Morgan fingerprint density at radius 1 is 1.24 bits per heavy atom. The van der Waals surface area contributed by atoms with Gasteiger partial charge in [0, 0.05) is 0 Å². The zero-order valence-corrected chi connectivity index (χ0v) is 12.6. The van der Waals surface area contributed by atoms with E-state index >= 15 is 0 Å². The number of benzene rings is 1. The first-order chi connectivity index (χ1) is 10.0. The third-order valence-corrected chi connectivity index (χ3v) is 3.73. The molecule has 0 aliphatic heterocycles. The lowest BCUT2D eigenvalue weighted by Gasteiger charge is -2.16. The van der Waals surface area contributed by atoms with Crippen molar-refractivity contribution < 1.29 is 9.26 Å². The van der Waals surface area contributed by atoms with Crippen LogP contribution in [0.3, 0.4) is 0 Å². The molecule has 112 valence electrons. The van der Waals surface area contributed by atoms with Crippen LogP contribution in [0.15, 0.2) is 22.7 Å². The van der Waals surface area contributed by atoms with E-state index in [4.69, 9.17) is 15.0 Å². The third kappa shape index (κ3) is 3.24. The lowest BCUT2D eigenvalue weighted by atomic mass is 9.92. The number of fused-ring (bicyclic) bond motifs is 1. The molecule has 0 bridgehead atoms. The van der Waals surface area contributed by atoms with Crippen molar-refractivity contribution in [3.63, 3.8) is 0 Å². The molecule has 0 atom stereocenters. The first kappa shape index (κ1) is 14.1. The van der Waals surface area contributed by atoms with Gasteiger partial charge >= 0.3 is 0 Å². The molecule has 3 rings (SSSR count). The summed E-state index contributed by atoms with van der Waals surface area (Å²) in [6.07, 6.45) is 4.86. The first-order valence-corrected chi connectivity index (χ1v) is 7.39. The predicted octanol–water partition coefficient (Wildman–Crippen LogP) is 2.72. The Morgan fingerprint density at radius 2 is 2.00 bits per heavy atom. The minimum Gasteiger partial charge on any atom is -0.484 e. The van der Waals surface area contributed by atoms with Crippen molar-refractivity contribution in [2.75, 3.05) is 0 Å². The summed E-state index contributed by atoms with van der Waals surface area (Å²) < 4.78 is 10.9. The van der Waals surface area contributed by atoms with Gasteiger partial charge in [0.1, 0.15) is 5.75 Å². The predicted molar refractivity (Wildman–Crippen MR) is 78.9 cm³/mol. The van der Waals surface area contributed by atoms with Gasteiger partial charge in [0.15, 0.2) is 12.4 Å². The van der Waals surface area contributed by atoms with Gasteiger partial charge in [-0.05, 0) is 62.8 Å². The molecule has 1 aliphatic rings. The van der Waals surface area contributed by atoms with Crippen LogP contribution in [0.25, 0.3) is 0 Å². The summed E-state index contributed by atoms with van der Waals surface area (Å²) >= 11 is 0. The molecule has 0 saturated carbocycles. The second kappa shape index (κ2) is 5.48. The zero-order valence-electron chi connectivity index (χ0n) is 12.6. The lowest BCUT2D eigenvalue weighted by Crippen LogP contribution is -2.30. The van der Waals surface area contributed by atoms with Gasteiger partial charge < -0.3 is 15.0 Å². The van der Waals surface area contributed by atoms with Crippen LogP contribution >= 0.6 is 0 Å². The fourth-order valence-electron chi connectivity index (χ4n) is 2.52. The number of nitrogens with zero attached hydrogens (tertiary/aromatic N) is 2. The molecule has 0 amide bonds. The van der Waals surface area contributed by atoms with Gasteiger partial charge in [-0.1, -0.05) is 11.2 Å². The molecular weight excluding hydrogens is 266 g/mol. The molecule has 5 nitrogen and oxygen atoms in total. The first-order valence-electron chi connectivity index (χ1n) is 7.39. The average molecular weight is 287 g/mol. The maximum Gasteiger partial charge on any atom is 0.264 e. The second-order valence-electron chi connectivity index (χ2n) is 6.16. The van der Waals surface area contributed by atoms with E-state index in [1.165, 1.54) is 30.4 Å². The minimum atomic E-state index is -0.604. The molecule has 1 aromatic heterocycles. The van der Waals surface area contributed by atoms with E-state index in [-0.39, 0.29) is 6.61 Å². The number of aromatic nitrogens is 2. The molecule has 1 heterocycles. The van der Waals surface area contributed by atoms with E-state index < -0.39 is 5.54 Å². The van der Waals surface area contributed by atoms with Gasteiger partial charge in [-0.3, -0.25) is 0 Å². The van der Waals surface area contributed by atoms with Gasteiger partial charge in [0.2, 0.25) is 0 Å². The molecule has 1 aliphatic carbocycles. The largest absolute Gasteiger partial charge is 0.484 e. The number of ether oxygens (including phenoxy) is 1. The van der Waals surface area contributed by atoms with E-state index in [0.29, 0.717) is 11.7 Å². The van der Waals surface area contributed by atoms with Crippen LogP contribution in [0.4, 0.5) is 0 Å². The maximum atomic E-state index is 5.93. The van der Waals surface area contributed by atoms with Gasteiger partial charge in [-0.2, -0.15) is 4.98 Å². The Labute approximate surface area is 124 Å². The van der Waals surface area contributed by atoms with E-state index in [9.17, 15) is 0 Å². The second-order valence-corrected chi connectivity index (χ2v) is 6.16. The van der Waals surface area contributed by atoms with Crippen LogP contribution in [-0.4, -0.2) is 10.1 Å². The SMILES string of the molecule is CC(C)(N)c1noc(COc2ccc3c(c2)CCCC3)n1. The molecule has 2 N–H and O–H groups in total. The van der Waals surface area contributed by atoms with Crippen molar-refractivity contribution in [1.29, 1.82) is 0 Å². The van der Waals surface area contributed by atoms with E-state index in [1.54, 1.807) is 0 Å². The molecule has 2 aromatic rings. The summed E-state index contributed by atoms with van der Waals surface area (Å²) in [5.41, 5.74) is 8.16. The Bertz CT molecular complexity index is 629. The summed E-state index contributed by atoms with van der Waals surface area (Å²) in [5.74, 6) is 1.79. The summed E-state index contributed by atoms with van der Waals surface area (Å²) in [7, 11) is 0. The fraction of sp³-hybridized carbons (Fsp3) is 0.500. The van der Waals surface area contributed by atoms with Crippen LogP contribution in [0.2, 0.25) is 0 Å². The quantitative estimate of drug-likeness (QED) is 0.936. The van der Waals surface area contributed by atoms with Crippen molar-refractivity contribution >= 4 is 0 Å². The number of nitrogens with two attached hydrogens (primary N) is 1. The highest BCUT2D eigenvalue weighted by Crippen LogP contribution is 2.25. The van der Waals surface area contributed by atoms with Crippen molar-refractivity contribution in [2.45, 2.75) is 51.7 Å². The zero-order chi connectivity index (χ0) is 14.9. The number of aryl methyl sites for hydroxylation is 2. The molecule has 0 unspecified atom stereocenters. The Hall–Kier alpha value is -1.88. The van der Waals surface area contributed by atoms with Gasteiger partial charge in [-0.15, -0.1) is 0 Å². The smallest absolute Gasteiger partial charge is 0.264 e. The number of hydrogen-bond acceptors (Lipinski definition) is 5. The summed E-state index contributed by atoms with van der Waals surface area (Å²) in [4.78, 5) is 4.26. The highest BCUT2D eigenvalue weighted by molar-refractivity contribution is 5.37. The average Bonchev–Trinajstić information content (AvgIpc) is 2.94. The normalized spacial score (nSPS) is 14.8. The van der Waals surface area contributed by atoms with E-state index in [1.807, 2.05) is 19.9 Å². The summed E-state index contributed by atoms with van der Waals surface area (Å²) in [5, 5.41) is 3.88. The van der Waals surface area contributed by atoms with E-state index in [2.05, 4.69) is 22.3 Å². The van der Waals surface area contributed by atoms with Gasteiger partial charge in [0.05, 0.1) is 5.54 Å². The third-order valence-electron chi connectivity index (χ3n) is 3.73. The molecular formula is C16H21N3O2. The van der Waals surface area contributed by atoms with Crippen LogP contribution in [0.1, 0.15) is 49.5 Å².